The van der Waals surface area contributed by atoms with Gasteiger partial charge in [-0.25, -0.2) is 0 Å². The Bertz CT molecular complexity index is 430. The molecule has 4 heteroatoms. The molecular weight excluding hydrogens is 262 g/mol. The van der Waals surface area contributed by atoms with Crippen LogP contribution in [0.5, 0.6) is 0 Å². The van der Waals surface area contributed by atoms with Crippen molar-refractivity contribution in [3.63, 3.8) is 0 Å². The first-order chi connectivity index (χ1) is 10.2. The van der Waals surface area contributed by atoms with Crippen molar-refractivity contribution in [1.29, 1.82) is 0 Å². The number of aromatic nitrogens is 2. The van der Waals surface area contributed by atoms with Crippen LogP contribution in [0.25, 0.3) is 0 Å². The van der Waals surface area contributed by atoms with Crippen molar-refractivity contribution in [2.45, 2.75) is 71.4 Å². The maximum absolute atomic E-state index is 5.77. The summed E-state index contributed by atoms with van der Waals surface area (Å²) >= 11 is 0. The SMILES string of the molecule is CCCNC(CCC1CCCO1)c1cc(C)nnc1CC. The minimum atomic E-state index is 0.373. The first-order valence-electron chi connectivity index (χ1n) is 8.42. The first-order valence-corrected chi connectivity index (χ1v) is 8.42. The molecule has 21 heavy (non-hydrogen) atoms. The average molecular weight is 291 g/mol. The van der Waals surface area contributed by atoms with Gasteiger partial charge < -0.3 is 10.1 Å². The van der Waals surface area contributed by atoms with E-state index in [0.29, 0.717) is 12.1 Å². The average Bonchev–Trinajstić information content (AvgIpc) is 3.01. The minimum Gasteiger partial charge on any atom is -0.378 e. The van der Waals surface area contributed by atoms with Gasteiger partial charge in [-0.05, 0) is 63.6 Å². The third-order valence-electron chi connectivity index (χ3n) is 4.18. The molecule has 1 aromatic heterocycles. The van der Waals surface area contributed by atoms with Crippen LogP contribution >= 0.6 is 0 Å². The van der Waals surface area contributed by atoms with Crippen LogP contribution in [0.4, 0.5) is 0 Å². The number of hydrogen-bond acceptors (Lipinski definition) is 4. The van der Waals surface area contributed by atoms with Crippen molar-refractivity contribution in [3.8, 4) is 0 Å². The number of rotatable bonds is 8. The van der Waals surface area contributed by atoms with Crippen LogP contribution in [0.1, 0.15) is 68.9 Å². The highest BCUT2D eigenvalue weighted by Crippen LogP contribution is 2.26. The van der Waals surface area contributed by atoms with E-state index in [9.17, 15) is 0 Å². The van der Waals surface area contributed by atoms with Gasteiger partial charge >= 0.3 is 0 Å². The summed E-state index contributed by atoms with van der Waals surface area (Å²) in [4.78, 5) is 0. The van der Waals surface area contributed by atoms with Crippen LogP contribution < -0.4 is 5.32 Å². The van der Waals surface area contributed by atoms with Gasteiger partial charge in [0.2, 0.25) is 0 Å². The van der Waals surface area contributed by atoms with Gasteiger partial charge in [0.25, 0.3) is 0 Å². The van der Waals surface area contributed by atoms with Crippen molar-refractivity contribution in [2.24, 2.45) is 0 Å². The van der Waals surface area contributed by atoms with E-state index < -0.39 is 0 Å². The monoisotopic (exact) mass is 291 g/mol. The molecule has 2 rings (SSSR count). The molecule has 2 unspecified atom stereocenters. The largest absolute Gasteiger partial charge is 0.378 e. The Morgan fingerprint density at radius 1 is 1.38 bits per heavy atom. The molecule has 1 fully saturated rings. The van der Waals surface area contributed by atoms with Crippen molar-refractivity contribution in [3.05, 3.63) is 23.0 Å². The molecule has 1 N–H and O–H groups in total. The van der Waals surface area contributed by atoms with Gasteiger partial charge in [0.1, 0.15) is 0 Å². The lowest BCUT2D eigenvalue weighted by Crippen LogP contribution is -2.25. The molecule has 0 amide bonds. The van der Waals surface area contributed by atoms with Crippen molar-refractivity contribution in [2.75, 3.05) is 13.2 Å². The summed E-state index contributed by atoms with van der Waals surface area (Å²) in [5.41, 5.74) is 3.46. The summed E-state index contributed by atoms with van der Waals surface area (Å²) in [5, 5.41) is 12.3. The molecule has 1 saturated heterocycles. The highest BCUT2D eigenvalue weighted by Gasteiger charge is 2.20. The highest BCUT2D eigenvalue weighted by molar-refractivity contribution is 5.24. The topological polar surface area (TPSA) is 47.0 Å². The summed E-state index contributed by atoms with van der Waals surface area (Å²) in [6.45, 7) is 8.36. The third-order valence-corrected chi connectivity index (χ3v) is 4.18. The fraction of sp³-hybridized carbons (Fsp3) is 0.765. The summed E-state index contributed by atoms with van der Waals surface area (Å²) in [7, 11) is 0. The number of nitrogens with zero attached hydrogens (tertiary/aromatic N) is 2. The molecule has 0 radical (unpaired) electrons. The molecule has 1 aliphatic rings. The van der Waals surface area contributed by atoms with Gasteiger partial charge in [-0.15, -0.1) is 0 Å². The van der Waals surface area contributed by atoms with E-state index in [1.54, 1.807) is 0 Å². The fourth-order valence-electron chi connectivity index (χ4n) is 3.02. The Labute approximate surface area is 128 Å². The van der Waals surface area contributed by atoms with Gasteiger partial charge in [-0.1, -0.05) is 13.8 Å². The van der Waals surface area contributed by atoms with Crippen molar-refractivity contribution < 1.29 is 4.74 Å². The minimum absolute atomic E-state index is 0.373. The van der Waals surface area contributed by atoms with Crippen LogP contribution in [0.3, 0.4) is 0 Å². The molecule has 2 atom stereocenters. The molecule has 0 saturated carbocycles. The predicted molar refractivity (Wildman–Crippen MR) is 85.4 cm³/mol. The van der Waals surface area contributed by atoms with Crippen molar-refractivity contribution in [1.82, 2.24) is 15.5 Å². The Kier molecular flexibility index (Phi) is 6.58. The van der Waals surface area contributed by atoms with Gasteiger partial charge in [-0.2, -0.15) is 10.2 Å². The lowest BCUT2D eigenvalue weighted by molar-refractivity contribution is 0.0995. The van der Waals surface area contributed by atoms with E-state index in [4.69, 9.17) is 4.74 Å². The predicted octanol–water partition coefficient (Wildman–Crippen LogP) is 3.35. The molecule has 0 aromatic carbocycles. The van der Waals surface area contributed by atoms with E-state index in [1.807, 2.05) is 6.92 Å². The zero-order chi connectivity index (χ0) is 15.1. The molecule has 1 aromatic rings. The molecule has 1 aliphatic heterocycles. The number of ether oxygens (including phenoxy) is 1. The highest BCUT2D eigenvalue weighted by atomic mass is 16.5. The first kappa shape index (κ1) is 16.4. The smallest absolute Gasteiger partial charge is 0.0676 e. The second-order valence-corrected chi connectivity index (χ2v) is 5.96. The Morgan fingerprint density at radius 3 is 2.90 bits per heavy atom. The summed E-state index contributed by atoms with van der Waals surface area (Å²) in [6.07, 6.45) is 7.22. The van der Waals surface area contributed by atoms with Crippen LogP contribution in [-0.4, -0.2) is 29.5 Å². The number of aryl methyl sites for hydroxylation is 2. The standard InChI is InChI=1S/C17H29N3O/c1-4-10-18-17(9-8-14-7-6-11-21-14)15-12-13(3)19-20-16(15)5-2/h12,14,17-18H,4-11H2,1-3H3. The molecular formula is C17H29N3O. The van der Waals surface area contributed by atoms with E-state index in [0.717, 1.165) is 50.2 Å². The second kappa shape index (κ2) is 8.44. The van der Waals surface area contributed by atoms with Crippen molar-refractivity contribution >= 4 is 0 Å². The second-order valence-electron chi connectivity index (χ2n) is 5.96. The number of hydrogen-bond donors (Lipinski definition) is 1. The van der Waals surface area contributed by atoms with Crippen LogP contribution in [0, 0.1) is 6.92 Å². The van der Waals surface area contributed by atoms with Crippen LogP contribution in [-0.2, 0) is 11.2 Å². The molecule has 0 spiro atoms. The lowest BCUT2D eigenvalue weighted by atomic mass is 9.96. The maximum atomic E-state index is 5.77. The Morgan fingerprint density at radius 2 is 2.24 bits per heavy atom. The van der Waals surface area contributed by atoms with E-state index in [2.05, 4.69) is 35.4 Å². The summed E-state index contributed by atoms with van der Waals surface area (Å²) in [6, 6.07) is 2.58. The molecule has 4 nitrogen and oxygen atoms in total. The Hall–Kier alpha value is -1.00. The van der Waals surface area contributed by atoms with E-state index >= 15 is 0 Å². The van der Waals surface area contributed by atoms with Gasteiger partial charge in [-0.3, -0.25) is 0 Å². The van der Waals surface area contributed by atoms with Crippen LogP contribution in [0.15, 0.2) is 6.07 Å². The zero-order valence-corrected chi connectivity index (χ0v) is 13.7. The maximum Gasteiger partial charge on any atom is 0.0676 e. The zero-order valence-electron chi connectivity index (χ0n) is 13.7. The van der Waals surface area contributed by atoms with Gasteiger partial charge in [0, 0.05) is 12.6 Å². The van der Waals surface area contributed by atoms with E-state index in [1.165, 1.54) is 18.4 Å². The Balaban J connectivity index is 2.08. The number of nitrogens with one attached hydrogen (secondary N) is 1. The molecule has 2 heterocycles. The van der Waals surface area contributed by atoms with Gasteiger partial charge in [0.05, 0.1) is 17.5 Å². The summed E-state index contributed by atoms with van der Waals surface area (Å²) < 4.78 is 5.77. The quantitative estimate of drug-likeness (QED) is 0.798. The van der Waals surface area contributed by atoms with Crippen LogP contribution in [0.2, 0.25) is 0 Å². The van der Waals surface area contributed by atoms with Gasteiger partial charge in [0.15, 0.2) is 0 Å². The lowest BCUT2D eigenvalue weighted by Gasteiger charge is -2.22. The van der Waals surface area contributed by atoms with E-state index in [-0.39, 0.29) is 0 Å². The summed E-state index contributed by atoms with van der Waals surface area (Å²) in [5.74, 6) is 0. The molecule has 118 valence electrons. The normalized spacial score (nSPS) is 19.9. The molecule has 0 bridgehead atoms. The molecule has 0 aliphatic carbocycles. The fourth-order valence-corrected chi connectivity index (χ4v) is 3.02. The third kappa shape index (κ3) is 4.75.